The van der Waals surface area contributed by atoms with Gasteiger partial charge in [-0.1, -0.05) is 26.2 Å². The van der Waals surface area contributed by atoms with E-state index in [-0.39, 0.29) is 24.7 Å². The summed E-state index contributed by atoms with van der Waals surface area (Å²) < 4.78 is 15.8. The Morgan fingerprint density at radius 1 is 1.00 bits per heavy atom. The monoisotopic (exact) mass is 363 g/mol. The number of allylic oxidation sites excluding steroid dienone is 3. The summed E-state index contributed by atoms with van der Waals surface area (Å²) in [5.74, 6) is -0.377. The Kier molecular flexibility index (Phi) is 15.9. The SMILES string of the molecule is CCCCCCOCCOCCOC(=O)CN(C)C=CC=C(C#N)C#N. The fraction of sp³-hybridized carbons (Fsp3) is 0.632. The molecule has 0 N–H and O–H groups in total. The lowest BCUT2D eigenvalue weighted by molar-refractivity contribution is -0.145. The molecule has 0 aliphatic carbocycles. The predicted octanol–water partition coefficient (Wildman–Crippen LogP) is 2.56. The van der Waals surface area contributed by atoms with Crippen LogP contribution in [0.2, 0.25) is 0 Å². The van der Waals surface area contributed by atoms with Crippen LogP contribution in [0.3, 0.4) is 0 Å². The lowest BCUT2D eigenvalue weighted by atomic mass is 10.2. The van der Waals surface area contributed by atoms with Gasteiger partial charge in [0.1, 0.15) is 30.9 Å². The third kappa shape index (κ3) is 15.2. The van der Waals surface area contributed by atoms with Crippen LogP contribution in [0.15, 0.2) is 23.9 Å². The highest BCUT2D eigenvalue weighted by Crippen LogP contribution is 1.98. The van der Waals surface area contributed by atoms with Crippen LogP contribution in [0.25, 0.3) is 0 Å². The second-order valence-electron chi connectivity index (χ2n) is 5.57. The maximum Gasteiger partial charge on any atom is 0.325 e. The van der Waals surface area contributed by atoms with Crippen LogP contribution >= 0.6 is 0 Å². The Labute approximate surface area is 156 Å². The van der Waals surface area contributed by atoms with Crippen LogP contribution in [-0.2, 0) is 19.0 Å². The number of likely N-dealkylation sites (N-methyl/N-ethyl adjacent to an activating group) is 1. The molecule has 0 saturated carbocycles. The zero-order chi connectivity index (χ0) is 19.5. The molecule has 7 heteroatoms. The summed E-state index contributed by atoms with van der Waals surface area (Å²) in [6.45, 7) is 4.57. The van der Waals surface area contributed by atoms with Gasteiger partial charge in [0.2, 0.25) is 0 Å². The standard InChI is InChI=1S/C19H29N3O4/c1-3-4-5-6-10-24-11-12-25-13-14-26-19(23)17-22(2)9-7-8-18(15-20)16-21/h7-9H,3-6,10-14,17H2,1-2H3. The van der Waals surface area contributed by atoms with Crippen LogP contribution < -0.4 is 0 Å². The fourth-order valence-corrected chi connectivity index (χ4v) is 1.86. The first-order valence-electron chi connectivity index (χ1n) is 8.84. The first kappa shape index (κ1) is 23.6. The molecule has 0 fully saturated rings. The maximum absolute atomic E-state index is 11.6. The summed E-state index contributed by atoms with van der Waals surface area (Å²) in [7, 11) is 1.69. The Morgan fingerprint density at radius 3 is 2.31 bits per heavy atom. The largest absolute Gasteiger partial charge is 0.462 e. The van der Waals surface area contributed by atoms with Gasteiger partial charge in [-0.15, -0.1) is 0 Å². The van der Waals surface area contributed by atoms with Crippen molar-refractivity contribution in [3.05, 3.63) is 23.9 Å². The molecule has 0 aliphatic rings. The van der Waals surface area contributed by atoms with E-state index in [1.165, 1.54) is 31.4 Å². The van der Waals surface area contributed by atoms with E-state index in [4.69, 9.17) is 24.7 Å². The normalized spacial score (nSPS) is 10.2. The summed E-state index contributed by atoms with van der Waals surface area (Å²) in [6.07, 6.45) is 9.23. The fourth-order valence-electron chi connectivity index (χ4n) is 1.86. The lowest BCUT2D eigenvalue weighted by Gasteiger charge is -2.12. The van der Waals surface area contributed by atoms with Gasteiger partial charge in [-0.2, -0.15) is 10.5 Å². The number of unbranched alkanes of at least 4 members (excludes halogenated alkanes) is 3. The zero-order valence-corrected chi connectivity index (χ0v) is 15.8. The minimum Gasteiger partial charge on any atom is -0.462 e. The summed E-state index contributed by atoms with van der Waals surface area (Å²) in [5, 5.41) is 17.2. The molecule has 0 aromatic heterocycles. The van der Waals surface area contributed by atoms with Crippen LogP contribution in [0.4, 0.5) is 0 Å². The molecule has 0 atom stereocenters. The van der Waals surface area contributed by atoms with Gasteiger partial charge in [-0.3, -0.25) is 4.79 Å². The van der Waals surface area contributed by atoms with E-state index >= 15 is 0 Å². The van der Waals surface area contributed by atoms with Crippen molar-refractivity contribution in [3.8, 4) is 12.1 Å². The molecule has 0 saturated heterocycles. The molecule has 0 heterocycles. The smallest absolute Gasteiger partial charge is 0.325 e. The predicted molar refractivity (Wildman–Crippen MR) is 97.8 cm³/mol. The summed E-state index contributed by atoms with van der Waals surface area (Å²) in [4.78, 5) is 13.2. The second kappa shape index (κ2) is 17.5. The van der Waals surface area contributed by atoms with Gasteiger partial charge in [0, 0.05) is 13.7 Å². The van der Waals surface area contributed by atoms with Gasteiger partial charge in [0.15, 0.2) is 0 Å². The van der Waals surface area contributed by atoms with Crippen molar-refractivity contribution in [2.24, 2.45) is 0 Å². The van der Waals surface area contributed by atoms with Crippen molar-refractivity contribution in [2.75, 3.05) is 46.6 Å². The Balaban J connectivity index is 3.60. The van der Waals surface area contributed by atoms with E-state index in [9.17, 15) is 4.79 Å². The molecular formula is C19H29N3O4. The van der Waals surface area contributed by atoms with E-state index in [1.54, 1.807) is 30.3 Å². The Hall–Kier alpha value is -2.35. The molecule has 144 valence electrons. The third-order valence-electron chi connectivity index (χ3n) is 3.23. The molecule has 0 bridgehead atoms. The van der Waals surface area contributed by atoms with Crippen LogP contribution in [0.5, 0.6) is 0 Å². The highest BCUT2D eigenvalue weighted by molar-refractivity contribution is 5.71. The van der Waals surface area contributed by atoms with Gasteiger partial charge in [0.05, 0.1) is 19.8 Å². The number of carbonyl (C=O) groups excluding carboxylic acids is 1. The van der Waals surface area contributed by atoms with Crippen molar-refractivity contribution in [3.63, 3.8) is 0 Å². The first-order chi connectivity index (χ1) is 12.6. The number of hydrogen-bond acceptors (Lipinski definition) is 7. The molecule has 0 aromatic carbocycles. The molecule has 0 aromatic rings. The number of nitrogens with zero attached hydrogens (tertiary/aromatic N) is 3. The number of rotatable bonds is 15. The number of hydrogen-bond donors (Lipinski definition) is 0. The Bertz CT molecular complexity index is 502. The van der Waals surface area contributed by atoms with E-state index in [1.807, 2.05) is 0 Å². The van der Waals surface area contributed by atoms with E-state index in [0.717, 1.165) is 13.0 Å². The molecule has 0 amide bonds. The Morgan fingerprint density at radius 2 is 1.65 bits per heavy atom. The number of ether oxygens (including phenoxy) is 3. The second-order valence-corrected chi connectivity index (χ2v) is 5.57. The number of nitriles is 2. The van der Waals surface area contributed by atoms with Crippen LogP contribution in [-0.4, -0.2) is 57.5 Å². The lowest BCUT2D eigenvalue weighted by Crippen LogP contribution is -2.24. The van der Waals surface area contributed by atoms with Crippen molar-refractivity contribution in [1.29, 1.82) is 10.5 Å². The highest BCUT2D eigenvalue weighted by Gasteiger charge is 2.04. The number of carbonyl (C=O) groups is 1. The van der Waals surface area contributed by atoms with Crippen LogP contribution in [0, 0.1) is 22.7 Å². The molecule has 0 rings (SSSR count). The van der Waals surface area contributed by atoms with Gasteiger partial charge in [0.25, 0.3) is 0 Å². The average Bonchev–Trinajstić information content (AvgIpc) is 2.63. The van der Waals surface area contributed by atoms with Crippen molar-refractivity contribution < 1.29 is 19.0 Å². The van der Waals surface area contributed by atoms with Crippen LogP contribution in [0.1, 0.15) is 32.6 Å². The summed E-state index contributed by atoms with van der Waals surface area (Å²) in [5.41, 5.74) is -0.000635. The summed E-state index contributed by atoms with van der Waals surface area (Å²) >= 11 is 0. The molecule has 26 heavy (non-hydrogen) atoms. The van der Waals surface area contributed by atoms with Gasteiger partial charge >= 0.3 is 5.97 Å². The van der Waals surface area contributed by atoms with E-state index < -0.39 is 0 Å². The average molecular weight is 363 g/mol. The van der Waals surface area contributed by atoms with Gasteiger partial charge < -0.3 is 19.1 Å². The molecular weight excluding hydrogens is 334 g/mol. The first-order valence-corrected chi connectivity index (χ1v) is 8.84. The summed E-state index contributed by atoms with van der Waals surface area (Å²) in [6, 6.07) is 3.49. The third-order valence-corrected chi connectivity index (χ3v) is 3.23. The molecule has 0 aliphatic heterocycles. The minimum absolute atomic E-state index is 0.000635. The van der Waals surface area contributed by atoms with Gasteiger partial charge in [-0.05, 0) is 24.8 Å². The molecule has 0 spiro atoms. The molecule has 0 unspecified atom stereocenters. The van der Waals surface area contributed by atoms with E-state index in [2.05, 4.69) is 6.92 Å². The zero-order valence-electron chi connectivity index (χ0n) is 15.8. The highest BCUT2D eigenvalue weighted by atomic mass is 16.6. The van der Waals surface area contributed by atoms with E-state index in [0.29, 0.717) is 19.8 Å². The maximum atomic E-state index is 11.6. The number of esters is 1. The molecule has 7 nitrogen and oxygen atoms in total. The van der Waals surface area contributed by atoms with Crippen molar-refractivity contribution in [2.45, 2.75) is 32.6 Å². The van der Waals surface area contributed by atoms with Gasteiger partial charge in [-0.25, -0.2) is 0 Å². The topological polar surface area (TPSA) is 95.6 Å². The minimum atomic E-state index is -0.377. The van der Waals surface area contributed by atoms with Crippen molar-refractivity contribution >= 4 is 5.97 Å². The quantitative estimate of drug-likeness (QED) is 0.191. The van der Waals surface area contributed by atoms with Crippen molar-refractivity contribution in [1.82, 2.24) is 4.90 Å². The molecule has 0 radical (unpaired) electrons.